The molecule has 616 valence electrons. The van der Waals surface area contributed by atoms with E-state index < -0.39 is 0 Å². The van der Waals surface area contributed by atoms with Crippen LogP contribution in [0.2, 0.25) is 0 Å². The van der Waals surface area contributed by atoms with Crippen LogP contribution in [0.15, 0.2) is 458 Å². The second-order valence-corrected chi connectivity index (χ2v) is 33.6. The van der Waals surface area contributed by atoms with Crippen LogP contribution in [0.3, 0.4) is 0 Å². The Hall–Kier alpha value is -18.0. The maximum atomic E-state index is 6.56. The lowest BCUT2D eigenvalue weighted by atomic mass is 10.0. The molecule has 0 aliphatic rings. The van der Waals surface area contributed by atoms with Crippen LogP contribution in [0.25, 0.3) is 256 Å². The Bertz CT molecular complexity index is 9190. The van der Waals surface area contributed by atoms with Gasteiger partial charge < -0.3 is 27.1 Å². The molecular formula is C120H74N10O2. The standard InChI is InChI=1S/C63H39N5O.C57H35N5O/c1-3-16-40(17-4-1)61-64-62(41-18-5-2-6-19-41)66-63(65-61)46-22-13-20-42(36-46)43-21-14-23-47(37-43)67-54-28-10-7-24-48(54)52-38-44(32-34-56(52)67)45-33-35-57-53(39-45)49-25-8-11-29-55(49)68(57)58-30-15-27-51-50-26-9-12-31-59(50)69-60(51)58;1-3-15-36(16-4-1)55-58-56(37-17-5-2-6-18-37)60-57(59-55)40-19-13-20-41(33-40)61-48-25-10-7-21-42(48)46-34-38(29-31-50(46)61)39-30-32-51-47(35-39)43-22-8-11-26-49(43)62(51)52-27-14-24-45-44-23-9-12-28-53(44)63-54(45)52/h1-39H;1-35H. The number of aromatic nitrogens is 10. The van der Waals surface area contributed by atoms with Crippen molar-refractivity contribution in [2.45, 2.75) is 0 Å². The molecule has 0 saturated carbocycles. The largest absolute Gasteiger partial charge is 0.454 e. The Morgan fingerprint density at radius 3 is 0.742 bits per heavy atom. The van der Waals surface area contributed by atoms with Gasteiger partial charge in [-0.2, -0.15) is 0 Å². The van der Waals surface area contributed by atoms with Crippen LogP contribution in [-0.4, -0.2) is 48.2 Å². The molecular weight excluding hydrogens is 1610 g/mol. The molecule has 19 aromatic carbocycles. The third kappa shape index (κ3) is 12.7. The average molecular weight is 1690 g/mol. The van der Waals surface area contributed by atoms with E-state index >= 15 is 0 Å². The minimum Gasteiger partial charge on any atom is -0.454 e. The maximum absolute atomic E-state index is 6.56. The molecule has 0 spiro atoms. The lowest BCUT2D eigenvalue weighted by Crippen LogP contribution is -2.01. The van der Waals surface area contributed by atoms with Gasteiger partial charge in [0, 0.05) is 109 Å². The summed E-state index contributed by atoms with van der Waals surface area (Å²) in [7, 11) is 0. The SMILES string of the molecule is c1ccc(-c2nc(-c3ccccc3)nc(-c3cccc(-c4cccc(-n5c6ccccc6c6cc(-c7ccc8c(c7)c7ccccc7n8-c7cccc8c7oc7ccccc78)ccc65)c4)c3)n2)cc1.c1ccc(-c2nc(-c3ccccc3)nc(-c3cccc(-n4c5ccccc5c5cc(-c6ccc7c(c6)c6ccccc6n7-c6cccc7c6oc6ccccc67)ccc54)c3)n2)cc1. The highest BCUT2D eigenvalue weighted by atomic mass is 16.3. The Morgan fingerprint density at radius 2 is 0.379 bits per heavy atom. The molecule has 12 heteroatoms. The summed E-state index contributed by atoms with van der Waals surface area (Å²) in [5.74, 6) is 3.81. The average Bonchev–Trinajstić information content (AvgIpc) is 1.17. The number of para-hydroxylation sites is 8. The van der Waals surface area contributed by atoms with Gasteiger partial charge in [-0.05, 0) is 161 Å². The summed E-state index contributed by atoms with van der Waals surface area (Å²) in [6.45, 7) is 0. The summed E-state index contributed by atoms with van der Waals surface area (Å²) in [6, 6.07) is 158. The lowest BCUT2D eigenvalue weighted by molar-refractivity contribution is 0.666. The topological polar surface area (TPSA) is 123 Å². The monoisotopic (exact) mass is 1690 g/mol. The number of furan rings is 2. The van der Waals surface area contributed by atoms with Gasteiger partial charge in [0.25, 0.3) is 0 Å². The molecule has 0 atom stereocenters. The molecule has 132 heavy (non-hydrogen) atoms. The van der Waals surface area contributed by atoms with E-state index in [-0.39, 0.29) is 0 Å². The van der Waals surface area contributed by atoms with E-state index in [0.29, 0.717) is 34.9 Å². The molecule has 0 N–H and O–H groups in total. The summed E-state index contributed by atoms with van der Waals surface area (Å²) in [5.41, 5.74) is 29.3. The lowest BCUT2D eigenvalue weighted by Gasteiger charge is -2.12. The minimum absolute atomic E-state index is 0.624. The molecule has 12 nitrogen and oxygen atoms in total. The number of benzene rings is 19. The second-order valence-electron chi connectivity index (χ2n) is 33.6. The van der Waals surface area contributed by atoms with Crippen LogP contribution < -0.4 is 0 Å². The van der Waals surface area contributed by atoms with E-state index in [1.165, 1.54) is 48.7 Å². The first-order valence-electron chi connectivity index (χ1n) is 44.4. The van der Waals surface area contributed by atoms with Crippen LogP contribution in [0, 0.1) is 0 Å². The smallest absolute Gasteiger partial charge is 0.164 e. The van der Waals surface area contributed by atoms with Crippen LogP contribution in [0.1, 0.15) is 0 Å². The van der Waals surface area contributed by atoms with Crippen molar-refractivity contribution in [2.75, 3.05) is 0 Å². The minimum atomic E-state index is 0.624. The summed E-state index contributed by atoms with van der Waals surface area (Å²) >= 11 is 0. The fourth-order valence-corrected chi connectivity index (χ4v) is 19.8. The van der Waals surface area contributed by atoms with Gasteiger partial charge in [0.2, 0.25) is 0 Å². The number of nitrogens with zero attached hydrogens (tertiary/aromatic N) is 10. The number of hydrogen-bond acceptors (Lipinski definition) is 8. The summed E-state index contributed by atoms with van der Waals surface area (Å²) in [5, 5.41) is 14.1. The fourth-order valence-electron chi connectivity index (χ4n) is 19.8. The summed E-state index contributed by atoms with van der Waals surface area (Å²) < 4.78 is 22.6. The number of rotatable bonds is 13. The highest BCUT2D eigenvalue weighted by Crippen LogP contribution is 2.46. The molecule has 0 unspecified atom stereocenters. The Kier molecular flexibility index (Phi) is 17.7. The molecule has 0 aliphatic heterocycles. The first-order chi connectivity index (χ1) is 65.4. The van der Waals surface area contributed by atoms with Gasteiger partial charge in [0.05, 0.1) is 55.5 Å². The molecule has 0 saturated heterocycles. The quantitative estimate of drug-likeness (QED) is 0.112. The first kappa shape index (κ1) is 75.3. The predicted octanol–water partition coefficient (Wildman–Crippen LogP) is 30.9. The third-order valence-corrected chi connectivity index (χ3v) is 25.9. The zero-order valence-corrected chi connectivity index (χ0v) is 71.0. The summed E-state index contributed by atoms with van der Waals surface area (Å²) in [6.07, 6.45) is 0. The van der Waals surface area contributed by atoms with Crippen molar-refractivity contribution in [2.24, 2.45) is 0 Å². The van der Waals surface area contributed by atoms with Gasteiger partial charge in [-0.15, -0.1) is 0 Å². The molecule has 27 aromatic rings. The Labute approximate surface area is 756 Å². The Balaban J connectivity index is 0.000000139. The van der Waals surface area contributed by atoms with E-state index in [1.54, 1.807) is 0 Å². The molecule has 0 amide bonds. The van der Waals surface area contributed by atoms with Crippen molar-refractivity contribution < 1.29 is 8.83 Å². The molecule has 0 radical (unpaired) electrons. The van der Waals surface area contributed by atoms with Crippen LogP contribution in [0.5, 0.6) is 0 Å². The van der Waals surface area contributed by atoms with Crippen LogP contribution in [0.4, 0.5) is 0 Å². The van der Waals surface area contributed by atoms with E-state index in [9.17, 15) is 0 Å². The Morgan fingerprint density at radius 1 is 0.144 bits per heavy atom. The van der Waals surface area contributed by atoms with Crippen molar-refractivity contribution >= 4 is 131 Å². The van der Waals surface area contributed by atoms with Crippen molar-refractivity contribution in [1.29, 1.82) is 0 Å². The third-order valence-electron chi connectivity index (χ3n) is 25.9. The highest BCUT2D eigenvalue weighted by molar-refractivity contribution is 6.18. The van der Waals surface area contributed by atoms with E-state index in [2.05, 4.69) is 322 Å². The number of hydrogen-bond donors (Lipinski definition) is 0. The molecule has 0 bridgehead atoms. The summed E-state index contributed by atoms with van der Waals surface area (Å²) in [4.78, 5) is 29.9. The molecule has 8 aromatic heterocycles. The van der Waals surface area contributed by atoms with Gasteiger partial charge in [0.15, 0.2) is 46.1 Å². The molecule has 27 rings (SSSR count). The molecule has 8 heterocycles. The van der Waals surface area contributed by atoms with Gasteiger partial charge in [-0.3, -0.25) is 0 Å². The first-order valence-corrected chi connectivity index (χ1v) is 44.4. The normalized spacial score (nSPS) is 11.8. The van der Waals surface area contributed by atoms with Gasteiger partial charge in [-0.25, -0.2) is 29.9 Å². The maximum Gasteiger partial charge on any atom is 0.164 e. The highest BCUT2D eigenvalue weighted by Gasteiger charge is 2.25. The zero-order valence-electron chi connectivity index (χ0n) is 71.0. The molecule has 0 aliphatic carbocycles. The second kappa shape index (κ2) is 31.0. The fraction of sp³-hybridized carbons (Fsp3) is 0. The van der Waals surface area contributed by atoms with E-state index in [4.69, 9.17) is 38.7 Å². The number of fused-ring (bicyclic) bond motifs is 18. The van der Waals surface area contributed by atoms with Crippen molar-refractivity contribution in [3.8, 4) is 124 Å². The van der Waals surface area contributed by atoms with Gasteiger partial charge in [-0.1, -0.05) is 322 Å². The van der Waals surface area contributed by atoms with Crippen LogP contribution >= 0.6 is 0 Å². The van der Waals surface area contributed by atoms with E-state index in [1.807, 2.05) is 146 Å². The van der Waals surface area contributed by atoms with Crippen molar-refractivity contribution in [3.63, 3.8) is 0 Å². The molecule has 0 fully saturated rings. The van der Waals surface area contributed by atoms with Gasteiger partial charge in [0.1, 0.15) is 11.2 Å². The van der Waals surface area contributed by atoms with E-state index in [0.717, 1.165) is 172 Å². The predicted molar refractivity (Wildman–Crippen MR) is 540 cm³/mol. The van der Waals surface area contributed by atoms with Crippen molar-refractivity contribution in [3.05, 3.63) is 449 Å². The zero-order chi connectivity index (χ0) is 86.9. The van der Waals surface area contributed by atoms with Crippen LogP contribution in [-0.2, 0) is 0 Å². The van der Waals surface area contributed by atoms with Gasteiger partial charge >= 0.3 is 0 Å². The van der Waals surface area contributed by atoms with Crippen molar-refractivity contribution in [1.82, 2.24) is 48.2 Å².